The second-order valence-corrected chi connectivity index (χ2v) is 11.3. The quantitative estimate of drug-likeness (QED) is 0.158. The van der Waals surface area contributed by atoms with Gasteiger partial charge in [0, 0.05) is 13.1 Å². The minimum absolute atomic E-state index is 0.0546. The van der Waals surface area contributed by atoms with Crippen LogP contribution in [0.2, 0.25) is 0 Å². The van der Waals surface area contributed by atoms with Crippen molar-refractivity contribution in [1.29, 1.82) is 0 Å². The molecule has 1 amide bonds. The molecule has 0 bridgehead atoms. The van der Waals surface area contributed by atoms with Gasteiger partial charge in [-0.3, -0.25) is 14.3 Å². The molecule has 4 rings (SSSR count). The maximum atomic E-state index is 12.7. The van der Waals surface area contributed by atoms with E-state index < -0.39 is 6.04 Å². The molecule has 2 aromatic heterocycles. The average molecular weight is 582 g/mol. The van der Waals surface area contributed by atoms with Crippen LogP contribution in [0.5, 0.6) is 6.01 Å². The number of nitrogens with one attached hydrogen (secondary N) is 2. The molecule has 1 aromatic carbocycles. The molecule has 0 aliphatic carbocycles. The Balaban J connectivity index is 1.24. The van der Waals surface area contributed by atoms with Gasteiger partial charge in [-0.25, -0.2) is 4.79 Å². The highest BCUT2D eigenvalue weighted by Gasteiger charge is 2.20. The van der Waals surface area contributed by atoms with E-state index in [0.717, 1.165) is 70.1 Å². The van der Waals surface area contributed by atoms with E-state index in [1.54, 1.807) is 4.57 Å². The number of unbranched alkanes of at least 4 members (excludes halogenated alkanes) is 2. The number of carbonyl (C=O) groups excluding carboxylic acids is 1. The number of imidazole rings is 1. The van der Waals surface area contributed by atoms with E-state index in [9.17, 15) is 9.59 Å². The molecular formula is C30H47N9O3. The van der Waals surface area contributed by atoms with Gasteiger partial charge in [-0.05, 0) is 75.2 Å². The number of H-pyrrole nitrogens is 1. The first-order valence-electron chi connectivity index (χ1n) is 15.3. The minimum Gasteiger partial charge on any atom is -0.463 e. The number of nitrogen functional groups attached to an aromatic ring is 1. The Bertz CT molecular complexity index is 1330. The van der Waals surface area contributed by atoms with Crippen LogP contribution in [0.4, 0.5) is 5.82 Å². The number of nitrogens with two attached hydrogens (primary N) is 3. The summed E-state index contributed by atoms with van der Waals surface area (Å²) in [5.41, 5.74) is 20.4. The Hall–Kier alpha value is -3.48. The number of fused-ring (bicyclic) bond motifs is 1. The summed E-state index contributed by atoms with van der Waals surface area (Å²) in [6.07, 6.45) is 7.58. The number of aromatic amines is 1. The lowest BCUT2D eigenvalue weighted by atomic mass is 9.93. The molecule has 230 valence electrons. The molecule has 3 aromatic rings. The van der Waals surface area contributed by atoms with Gasteiger partial charge in [0.2, 0.25) is 5.91 Å². The van der Waals surface area contributed by atoms with Crippen molar-refractivity contribution in [3.63, 3.8) is 0 Å². The molecule has 3 heterocycles. The van der Waals surface area contributed by atoms with Crippen molar-refractivity contribution in [3.05, 3.63) is 45.9 Å². The first-order chi connectivity index (χ1) is 20.4. The van der Waals surface area contributed by atoms with Gasteiger partial charge in [0.1, 0.15) is 5.52 Å². The zero-order valence-corrected chi connectivity index (χ0v) is 24.8. The van der Waals surface area contributed by atoms with Crippen molar-refractivity contribution in [2.24, 2.45) is 17.4 Å². The molecule has 1 aliphatic rings. The fourth-order valence-electron chi connectivity index (χ4n) is 5.34. The van der Waals surface area contributed by atoms with E-state index in [-0.39, 0.29) is 23.4 Å². The fraction of sp³-hybridized carbons (Fsp3) is 0.600. The molecule has 0 unspecified atom stereocenters. The molecule has 0 spiro atoms. The van der Waals surface area contributed by atoms with Crippen molar-refractivity contribution in [1.82, 2.24) is 29.7 Å². The van der Waals surface area contributed by atoms with Crippen LogP contribution < -0.4 is 32.9 Å². The number of amides is 1. The van der Waals surface area contributed by atoms with Gasteiger partial charge in [-0.15, -0.1) is 0 Å². The third kappa shape index (κ3) is 8.76. The number of hydrogen-bond acceptors (Lipinski definition) is 9. The summed E-state index contributed by atoms with van der Waals surface area (Å²) >= 11 is 0. The van der Waals surface area contributed by atoms with Crippen molar-refractivity contribution >= 4 is 22.9 Å². The molecule has 1 fully saturated rings. The zero-order chi connectivity index (χ0) is 29.9. The van der Waals surface area contributed by atoms with Gasteiger partial charge in [-0.1, -0.05) is 44.0 Å². The van der Waals surface area contributed by atoms with E-state index in [0.29, 0.717) is 49.7 Å². The Labute approximate surface area is 247 Å². The van der Waals surface area contributed by atoms with Crippen LogP contribution in [0.15, 0.2) is 29.1 Å². The number of aromatic nitrogens is 4. The minimum atomic E-state index is -0.441. The Morgan fingerprint density at radius 1 is 1.12 bits per heavy atom. The van der Waals surface area contributed by atoms with Crippen molar-refractivity contribution < 1.29 is 9.53 Å². The predicted molar refractivity (Wildman–Crippen MR) is 165 cm³/mol. The van der Waals surface area contributed by atoms with Gasteiger partial charge in [-0.2, -0.15) is 9.97 Å². The molecule has 12 nitrogen and oxygen atoms in total. The SMILES string of the molecule is CCCCOc1nc(N)c2[nH]c(=O)n(Cc3ccc(CN4CCC(CCNC(=O)[C@@H](N)CCCCN)CC4)cc3)c2n1. The van der Waals surface area contributed by atoms with Crippen LogP contribution in [0.1, 0.15) is 69.4 Å². The van der Waals surface area contributed by atoms with Crippen LogP contribution in [-0.2, 0) is 17.9 Å². The predicted octanol–water partition coefficient (Wildman–Crippen LogP) is 2.10. The van der Waals surface area contributed by atoms with Crippen LogP contribution in [0.3, 0.4) is 0 Å². The summed E-state index contributed by atoms with van der Waals surface area (Å²) in [7, 11) is 0. The van der Waals surface area contributed by atoms with Gasteiger partial charge >= 0.3 is 11.7 Å². The van der Waals surface area contributed by atoms with Crippen molar-refractivity contribution in [2.45, 2.75) is 77.4 Å². The molecule has 1 atom stereocenters. The molecule has 12 heteroatoms. The number of carbonyl (C=O) groups is 1. The molecule has 42 heavy (non-hydrogen) atoms. The normalized spacial score (nSPS) is 15.2. The summed E-state index contributed by atoms with van der Waals surface area (Å²) in [6.45, 7) is 7.22. The lowest BCUT2D eigenvalue weighted by Crippen LogP contribution is -2.41. The second-order valence-electron chi connectivity index (χ2n) is 11.3. The highest BCUT2D eigenvalue weighted by atomic mass is 16.5. The summed E-state index contributed by atoms with van der Waals surface area (Å²) in [5, 5.41) is 3.01. The third-order valence-corrected chi connectivity index (χ3v) is 7.99. The Morgan fingerprint density at radius 3 is 2.52 bits per heavy atom. The number of nitrogens with zero attached hydrogens (tertiary/aromatic N) is 4. The largest absolute Gasteiger partial charge is 0.463 e. The maximum absolute atomic E-state index is 12.7. The van der Waals surface area contributed by atoms with Gasteiger partial charge in [0.05, 0.1) is 19.2 Å². The third-order valence-electron chi connectivity index (χ3n) is 7.99. The lowest BCUT2D eigenvalue weighted by Gasteiger charge is -2.32. The van der Waals surface area contributed by atoms with Gasteiger partial charge in [0.15, 0.2) is 11.5 Å². The van der Waals surface area contributed by atoms with E-state index >= 15 is 0 Å². The van der Waals surface area contributed by atoms with Gasteiger partial charge < -0.3 is 32.2 Å². The summed E-state index contributed by atoms with van der Waals surface area (Å²) < 4.78 is 7.20. The molecule has 1 saturated heterocycles. The molecule has 1 aliphatic heterocycles. The van der Waals surface area contributed by atoms with E-state index in [1.807, 2.05) is 0 Å². The standard InChI is InChI=1S/C30H47N9O3/c1-2-3-18-42-29-36-26(33)25-27(37-29)39(30(41)35-25)20-23-9-7-22(8-10-23)19-38-16-12-21(13-17-38)11-15-34-28(40)24(32)6-4-5-14-31/h7-10,21,24H,2-6,11-20,31-32H2,1H3,(H,34,40)(H,35,41)(H2,33,36,37)/t24-/m0/s1. The monoisotopic (exact) mass is 581 g/mol. The van der Waals surface area contributed by atoms with Crippen molar-refractivity contribution in [3.8, 4) is 6.01 Å². The topological polar surface area (TPSA) is 183 Å². The number of anilines is 1. The Morgan fingerprint density at radius 2 is 1.83 bits per heavy atom. The average Bonchev–Trinajstić information content (AvgIpc) is 3.30. The molecule has 0 saturated carbocycles. The van der Waals surface area contributed by atoms with Crippen LogP contribution in [-0.4, -0.2) is 69.2 Å². The zero-order valence-electron chi connectivity index (χ0n) is 24.8. The number of likely N-dealkylation sites (tertiary alicyclic amines) is 1. The highest BCUT2D eigenvalue weighted by molar-refractivity contribution is 5.82. The smallest absolute Gasteiger partial charge is 0.328 e. The second kappa shape index (κ2) is 15.7. The number of ether oxygens (including phenoxy) is 1. The molecule has 8 N–H and O–H groups in total. The van der Waals surface area contributed by atoms with Crippen LogP contribution in [0, 0.1) is 5.92 Å². The van der Waals surface area contributed by atoms with Gasteiger partial charge in [0.25, 0.3) is 0 Å². The highest BCUT2D eigenvalue weighted by Crippen LogP contribution is 2.22. The first-order valence-corrected chi connectivity index (χ1v) is 15.3. The summed E-state index contributed by atoms with van der Waals surface area (Å²) in [5.74, 6) is 0.757. The van der Waals surface area contributed by atoms with E-state index in [4.69, 9.17) is 21.9 Å². The van der Waals surface area contributed by atoms with Crippen molar-refractivity contribution in [2.75, 3.05) is 38.5 Å². The lowest BCUT2D eigenvalue weighted by molar-refractivity contribution is -0.122. The number of rotatable bonds is 16. The summed E-state index contributed by atoms with van der Waals surface area (Å²) in [4.78, 5) is 38.8. The van der Waals surface area contributed by atoms with Crippen LogP contribution in [0.25, 0.3) is 11.2 Å². The fourth-order valence-corrected chi connectivity index (χ4v) is 5.34. The van der Waals surface area contributed by atoms with E-state index in [1.165, 1.54) is 5.56 Å². The number of piperidine rings is 1. The summed E-state index contributed by atoms with van der Waals surface area (Å²) in [6, 6.07) is 8.10. The molecular weight excluding hydrogens is 534 g/mol. The maximum Gasteiger partial charge on any atom is 0.328 e. The Kier molecular flexibility index (Phi) is 11.7. The van der Waals surface area contributed by atoms with Crippen LogP contribution >= 0.6 is 0 Å². The molecule has 0 radical (unpaired) electrons. The number of hydrogen-bond donors (Lipinski definition) is 5. The first kappa shape index (κ1) is 31.5. The number of benzene rings is 1. The van der Waals surface area contributed by atoms with E-state index in [2.05, 4.69) is 56.4 Å².